The summed E-state index contributed by atoms with van der Waals surface area (Å²) >= 11 is 0. The number of hydrogen-bond acceptors (Lipinski definition) is 4. The molecule has 1 aromatic carbocycles. The van der Waals surface area contributed by atoms with Gasteiger partial charge in [-0.2, -0.15) is 0 Å². The molecule has 0 spiro atoms. The summed E-state index contributed by atoms with van der Waals surface area (Å²) in [6, 6.07) is 8.13. The summed E-state index contributed by atoms with van der Waals surface area (Å²) in [5.74, 6) is 0.840. The van der Waals surface area contributed by atoms with E-state index in [4.69, 9.17) is 4.74 Å². The maximum Gasteiger partial charge on any atom is 0.153 e. The first-order valence-electron chi connectivity index (χ1n) is 6.71. The van der Waals surface area contributed by atoms with Crippen LogP contribution in [0.4, 0.5) is 0 Å². The van der Waals surface area contributed by atoms with Gasteiger partial charge in [-0.15, -0.1) is 0 Å². The maximum atomic E-state index is 11.6. The van der Waals surface area contributed by atoms with Gasteiger partial charge in [-0.3, -0.25) is 0 Å². The fourth-order valence-electron chi connectivity index (χ4n) is 1.74. The van der Waals surface area contributed by atoms with Crippen molar-refractivity contribution in [2.45, 2.75) is 38.0 Å². The highest BCUT2D eigenvalue weighted by Crippen LogP contribution is 2.15. The van der Waals surface area contributed by atoms with Crippen molar-refractivity contribution in [2.24, 2.45) is 0 Å². The van der Waals surface area contributed by atoms with Gasteiger partial charge in [-0.1, -0.05) is 12.1 Å². The molecular weight excluding hydrogens is 274 g/mol. The predicted molar refractivity (Wildman–Crippen MR) is 83.1 cm³/mol. The molecule has 1 unspecified atom stereocenters. The van der Waals surface area contributed by atoms with Gasteiger partial charge in [0.2, 0.25) is 0 Å². The van der Waals surface area contributed by atoms with E-state index < -0.39 is 14.6 Å². The van der Waals surface area contributed by atoms with Gasteiger partial charge in [-0.25, -0.2) is 8.42 Å². The van der Waals surface area contributed by atoms with E-state index >= 15 is 0 Å². The van der Waals surface area contributed by atoms with Gasteiger partial charge in [-0.05, 0) is 44.9 Å². The molecule has 0 radical (unpaired) electrons. The Kier molecular flexibility index (Phi) is 5.59. The highest BCUT2D eigenvalue weighted by atomic mass is 32.2. The van der Waals surface area contributed by atoms with Gasteiger partial charge in [0.15, 0.2) is 9.84 Å². The van der Waals surface area contributed by atoms with E-state index in [1.807, 2.05) is 24.3 Å². The summed E-state index contributed by atoms with van der Waals surface area (Å²) in [6.45, 7) is 6.00. The summed E-state index contributed by atoms with van der Waals surface area (Å²) in [6.07, 6.45) is 2.13. The molecule has 0 aromatic heterocycles. The van der Waals surface area contributed by atoms with Crippen molar-refractivity contribution in [2.75, 3.05) is 19.9 Å². The van der Waals surface area contributed by atoms with Crippen LogP contribution in [-0.2, 0) is 16.3 Å². The number of ether oxygens (including phenoxy) is 1. The van der Waals surface area contributed by atoms with E-state index in [1.54, 1.807) is 21.0 Å². The van der Waals surface area contributed by atoms with E-state index in [0.29, 0.717) is 6.54 Å². The predicted octanol–water partition coefficient (Wildman–Crippen LogP) is 2.04. The van der Waals surface area contributed by atoms with Gasteiger partial charge in [0.25, 0.3) is 0 Å². The third-order valence-corrected chi connectivity index (χ3v) is 5.73. The molecule has 114 valence electrons. The minimum Gasteiger partial charge on any atom is -0.497 e. The van der Waals surface area contributed by atoms with Gasteiger partial charge >= 0.3 is 0 Å². The molecule has 0 aliphatic carbocycles. The van der Waals surface area contributed by atoms with Crippen LogP contribution in [-0.4, -0.2) is 39.1 Å². The topological polar surface area (TPSA) is 55.4 Å². The third-order valence-electron chi connectivity index (χ3n) is 3.58. The fourth-order valence-corrected chi connectivity index (χ4v) is 2.08. The van der Waals surface area contributed by atoms with Crippen LogP contribution in [0.2, 0.25) is 0 Å². The lowest BCUT2D eigenvalue weighted by molar-refractivity contribution is 0.414. The minimum atomic E-state index is -3.06. The van der Waals surface area contributed by atoms with Crippen LogP contribution in [0.25, 0.3) is 0 Å². The number of hydrogen-bond donors (Lipinski definition) is 1. The van der Waals surface area contributed by atoms with Gasteiger partial charge in [0.1, 0.15) is 5.75 Å². The zero-order valence-corrected chi connectivity index (χ0v) is 13.8. The Labute approximate surface area is 122 Å². The van der Waals surface area contributed by atoms with Crippen LogP contribution in [0.3, 0.4) is 0 Å². The van der Waals surface area contributed by atoms with Crippen LogP contribution in [0.5, 0.6) is 5.75 Å². The zero-order chi connectivity index (χ0) is 15.4. The van der Waals surface area contributed by atoms with Crippen LogP contribution >= 0.6 is 0 Å². The first-order valence-corrected chi connectivity index (χ1v) is 8.61. The van der Waals surface area contributed by atoms with E-state index in [-0.39, 0.29) is 6.04 Å². The number of nitrogens with one attached hydrogen (secondary N) is 1. The lowest BCUT2D eigenvalue weighted by atomic mass is 10.1. The molecule has 4 nitrogen and oxygen atoms in total. The number of sulfone groups is 1. The average Bonchev–Trinajstić information content (AvgIpc) is 2.36. The second-order valence-corrected chi connectivity index (χ2v) is 8.52. The first-order chi connectivity index (χ1) is 9.15. The largest absolute Gasteiger partial charge is 0.497 e. The van der Waals surface area contributed by atoms with Crippen molar-refractivity contribution in [1.29, 1.82) is 0 Å². The highest BCUT2D eigenvalue weighted by molar-refractivity contribution is 7.92. The molecule has 0 saturated heterocycles. The Morgan fingerprint density at radius 1 is 1.25 bits per heavy atom. The fraction of sp³-hybridized carbons (Fsp3) is 0.600. The van der Waals surface area contributed by atoms with Crippen LogP contribution in [0.15, 0.2) is 24.3 Å². The number of benzene rings is 1. The standard InChI is InChI=1S/C15H25NO3S/c1-12(16-11-15(2,3)20(5,17)18)10-13-6-8-14(19-4)9-7-13/h6-9,12,16H,10-11H2,1-5H3. The SMILES string of the molecule is COc1ccc(CC(C)NCC(C)(C)S(C)(=O)=O)cc1. The van der Waals surface area contributed by atoms with Crippen LogP contribution in [0.1, 0.15) is 26.3 Å². The Morgan fingerprint density at radius 3 is 2.25 bits per heavy atom. The Hall–Kier alpha value is -1.07. The van der Waals surface area contributed by atoms with Crippen molar-refractivity contribution in [3.05, 3.63) is 29.8 Å². The minimum absolute atomic E-state index is 0.212. The molecule has 5 heteroatoms. The number of rotatable bonds is 7. The van der Waals surface area contributed by atoms with Crippen molar-refractivity contribution in [3.8, 4) is 5.75 Å². The van der Waals surface area contributed by atoms with Gasteiger partial charge in [0, 0.05) is 18.8 Å². The van der Waals surface area contributed by atoms with Crippen LogP contribution < -0.4 is 10.1 Å². The van der Waals surface area contributed by atoms with Crippen molar-refractivity contribution in [3.63, 3.8) is 0 Å². The molecule has 1 rings (SSSR count). The molecule has 0 saturated carbocycles. The molecule has 1 atom stereocenters. The summed E-state index contributed by atoms with van der Waals surface area (Å²) in [7, 11) is -1.41. The summed E-state index contributed by atoms with van der Waals surface area (Å²) in [5.41, 5.74) is 1.20. The molecule has 1 N–H and O–H groups in total. The monoisotopic (exact) mass is 299 g/mol. The van der Waals surface area contributed by atoms with Crippen molar-refractivity contribution < 1.29 is 13.2 Å². The Bertz CT molecular complexity index is 521. The Balaban J connectivity index is 2.53. The van der Waals surface area contributed by atoms with Gasteiger partial charge < -0.3 is 10.1 Å². The normalized spacial score (nSPS) is 14.1. The van der Waals surface area contributed by atoms with E-state index in [9.17, 15) is 8.42 Å². The van der Waals surface area contributed by atoms with Gasteiger partial charge in [0.05, 0.1) is 11.9 Å². The third kappa shape index (κ3) is 4.80. The van der Waals surface area contributed by atoms with E-state index in [1.165, 1.54) is 11.8 Å². The molecule has 0 heterocycles. The molecular formula is C15H25NO3S. The van der Waals surface area contributed by atoms with Crippen LogP contribution in [0, 0.1) is 0 Å². The Morgan fingerprint density at radius 2 is 1.80 bits per heavy atom. The van der Waals surface area contributed by atoms with E-state index in [0.717, 1.165) is 12.2 Å². The maximum absolute atomic E-state index is 11.6. The summed E-state index contributed by atoms with van der Waals surface area (Å²) in [5, 5.41) is 3.30. The molecule has 0 aliphatic heterocycles. The lowest BCUT2D eigenvalue weighted by Crippen LogP contribution is -2.45. The molecule has 20 heavy (non-hydrogen) atoms. The first kappa shape index (κ1) is 17.0. The number of methoxy groups -OCH3 is 1. The van der Waals surface area contributed by atoms with Crippen molar-refractivity contribution >= 4 is 9.84 Å². The lowest BCUT2D eigenvalue weighted by Gasteiger charge is -2.25. The average molecular weight is 299 g/mol. The van der Waals surface area contributed by atoms with Crippen molar-refractivity contribution in [1.82, 2.24) is 5.32 Å². The quantitative estimate of drug-likeness (QED) is 0.837. The second-order valence-electron chi connectivity index (χ2n) is 5.87. The smallest absolute Gasteiger partial charge is 0.153 e. The zero-order valence-electron chi connectivity index (χ0n) is 12.9. The molecule has 0 amide bonds. The molecule has 0 bridgehead atoms. The molecule has 1 aromatic rings. The molecule has 0 aliphatic rings. The highest BCUT2D eigenvalue weighted by Gasteiger charge is 2.30. The van der Waals surface area contributed by atoms with E-state index in [2.05, 4.69) is 12.2 Å². The molecule has 0 fully saturated rings. The summed E-state index contributed by atoms with van der Waals surface area (Å²) < 4.78 is 27.7. The summed E-state index contributed by atoms with van der Waals surface area (Å²) in [4.78, 5) is 0. The second kappa shape index (κ2) is 6.59.